The first kappa shape index (κ1) is 12.1. The number of rotatable bonds is 5. The molecule has 0 amide bonds. The summed E-state index contributed by atoms with van der Waals surface area (Å²) in [5.74, 6) is 0.178. The van der Waals surface area contributed by atoms with Crippen LogP contribution in [-0.4, -0.2) is 16.1 Å². The topological polar surface area (TPSA) is 80.4 Å². The van der Waals surface area contributed by atoms with Crippen LogP contribution in [-0.2, 0) is 0 Å². The van der Waals surface area contributed by atoms with Gasteiger partial charge in [-0.1, -0.05) is 13.3 Å². The molecule has 0 spiro atoms. The number of nitrogens with zero attached hydrogens (tertiary/aromatic N) is 3. The molecule has 0 saturated heterocycles. The van der Waals surface area contributed by atoms with Gasteiger partial charge in [-0.15, -0.1) is 0 Å². The molecule has 86 valence electrons. The Morgan fingerprint density at radius 1 is 1.62 bits per heavy atom. The molecule has 1 aromatic rings. The molecule has 0 atom stereocenters. The van der Waals surface area contributed by atoms with Crippen LogP contribution < -0.4 is 5.43 Å². The van der Waals surface area contributed by atoms with E-state index < -0.39 is 4.92 Å². The first-order chi connectivity index (χ1) is 7.65. The van der Waals surface area contributed by atoms with Crippen molar-refractivity contribution in [1.29, 1.82) is 0 Å². The van der Waals surface area contributed by atoms with Gasteiger partial charge in [0.05, 0.1) is 4.92 Å². The van der Waals surface area contributed by atoms with E-state index in [9.17, 15) is 10.1 Å². The van der Waals surface area contributed by atoms with E-state index in [0.29, 0.717) is 5.69 Å². The van der Waals surface area contributed by atoms with Crippen LogP contribution in [0.2, 0.25) is 0 Å². The van der Waals surface area contributed by atoms with Crippen LogP contribution in [0.25, 0.3) is 0 Å². The number of unbranched alkanes of at least 4 members (excludes halogenated alkanes) is 1. The average molecular weight is 222 g/mol. The Balaban J connectivity index is 2.84. The fourth-order valence-corrected chi connectivity index (χ4v) is 1.08. The zero-order valence-corrected chi connectivity index (χ0v) is 9.30. The summed E-state index contributed by atoms with van der Waals surface area (Å²) in [6.07, 6.45) is 3.48. The number of pyridine rings is 1. The maximum atomic E-state index is 10.7. The van der Waals surface area contributed by atoms with Crippen LogP contribution in [0, 0.1) is 17.0 Å². The largest absolute Gasteiger partial charge is 0.313 e. The van der Waals surface area contributed by atoms with Crippen LogP contribution >= 0.6 is 0 Å². The van der Waals surface area contributed by atoms with Crippen molar-refractivity contribution < 1.29 is 4.92 Å². The SMILES string of the molecule is CCC/C=N\Nc1nc(C)ccc1[N+](=O)[O-]. The third-order valence-corrected chi connectivity index (χ3v) is 1.89. The fourth-order valence-electron chi connectivity index (χ4n) is 1.08. The van der Waals surface area contributed by atoms with Gasteiger partial charge < -0.3 is 0 Å². The summed E-state index contributed by atoms with van der Waals surface area (Å²) in [5, 5.41) is 14.6. The predicted octanol–water partition coefficient (Wildman–Crippen LogP) is 2.50. The Morgan fingerprint density at radius 3 is 3.00 bits per heavy atom. The molecule has 0 fully saturated rings. The van der Waals surface area contributed by atoms with E-state index in [4.69, 9.17) is 0 Å². The lowest BCUT2D eigenvalue weighted by Crippen LogP contribution is -2.00. The number of aromatic nitrogens is 1. The summed E-state index contributed by atoms with van der Waals surface area (Å²) in [4.78, 5) is 14.2. The number of nitrogens with one attached hydrogen (secondary N) is 1. The second kappa shape index (κ2) is 5.79. The fraction of sp³-hybridized carbons (Fsp3) is 0.400. The molecule has 1 rings (SSSR count). The molecule has 1 N–H and O–H groups in total. The normalized spacial score (nSPS) is 10.6. The predicted molar refractivity (Wildman–Crippen MR) is 62.7 cm³/mol. The lowest BCUT2D eigenvalue weighted by atomic mass is 10.3. The van der Waals surface area contributed by atoms with Gasteiger partial charge in [-0.2, -0.15) is 5.10 Å². The minimum Gasteiger partial charge on any atom is -0.258 e. The molecule has 0 saturated carbocycles. The van der Waals surface area contributed by atoms with Gasteiger partial charge in [0.25, 0.3) is 0 Å². The van der Waals surface area contributed by atoms with Crippen molar-refractivity contribution in [2.45, 2.75) is 26.7 Å². The van der Waals surface area contributed by atoms with Gasteiger partial charge in [0, 0.05) is 18.0 Å². The number of anilines is 1. The smallest absolute Gasteiger partial charge is 0.258 e. The third kappa shape index (κ3) is 3.30. The highest BCUT2D eigenvalue weighted by Crippen LogP contribution is 2.21. The molecule has 0 unspecified atom stereocenters. The molecule has 0 aromatic carbocycles. The van der Waals surface area contributed by atoms with E-state index in [2.05, 4.69) is 15.5 Å². The molecule has 6 heteroatoms. The standard InChI is InChI=1S/C10H14N4O2/c1-3-4-7-11-13-10-9(14(15)16)6-5-8(2)12-10/h5-7H,3-4H2,1-2H3,(H,12,13)/b11-7-. The van der Waals surface area contributed by atoms with Gasteiger partial charge in [0.2, 0.25) is 5.82 Å². The van der Waals surface area contributed by atoms with Gasteiger partial charge in [-0.05, 0) is 19.4 Å². The van der Waals surface area contributed by atoms with E-state index in [1.54, 1.807) is 19.2 Å². The number of hydrogen-bond acceptors (Lipinski definition) is 5. The van der Waals surface area contributed by atoms with Crippen molar-refractivity contribution in [2.24, 2.45) is 5.10 Å². The van der Waals surface area contributed by atoms with E-state index in [-0.39, 0.29) is 11.5 Å². The average Bonchev–Trinajstić information content (AvgIpc) is 2.24. The van der Waals surface area contributed by atoms with Gasteiger partial charge >= 0.3 is 5.69 Å². The molecule has 6 nitrogen and oxygen atoms in total. The lowest BCUT2D eigenvalue weighted by Gasteiger charge is -2.01. The number of hydrogen-bond donors (Lipinski definition) is 1. The molecule has 0 radical (unpaired) electrons. The summed E-state index contributed by atoms with van der Waals surface area (Å²) >= 11 is 0. The quantitative estimate of drug-likeness (QED) is 0.471. The van der Waals surface area contributed by atoms with Gasteiger partial charge in [-0.3, -0.25) is 15.5 Å². The number of aryl methyl sites for hydroxylation is 1. The van der Waals surface area contributed by atoms with E-state index in [1.807, 2.05) is 6.92 Å². The van der Waals surface area contributed by atoms with E-state index in [1.165, 1.54) is 6.07 Å². The van der Waals surface area contributed by atoms with Crippen LogP contribution in [0.3, 0.4) is 0 Å². The summed E-state index contributed by atoms with van der Waals surface area (Å²) in [7, 11) is 0. The maximum Gasteiger partial charge on any atom is 0.313 e. The third-order valence-electron chi connectivity index (χ3n) is 1.89. The zero-order valence-electron chi connectivity index (χ0n) is 9.30. The highest BCUT2D eigenvalue weighted by atomic mass is 16.6. The molecule has 0 aliphatic rings. The Morgan fingerprint density at radius 2 is 2.38 bits per heavy atom. The van der Waals surface area contributed by atoms with Crippen molar-refractivity contribution in [1.82, 2.24) is 4.98 Å². The second-order valence-electron chi connectivity index (χ2n) is 3.29. The maximum absolute atomic E-state index is 10.7. The molecule has 0 bridgehead atoms. The lowest BCUT2D eigenvalue weighted by molar-refractivity contribution is -0.384. The van der Waals surface area contributed by atoms with Gasteiger partial charge in [0.15, 0.2) is 0 Å². The minimum atomic E-state index is -0.482. The molecular weight excluding hydrogens is 208 g/mol. The Labute approximate surface area is 93.5 Å². The van der Waals surface area contributed by atoms with Crippen molar-refractivity contribution in [3.63, 3.8) is 0 Å². The molecule has 1 aromatic heterocycles. The molecule has 0 aliphatic heterocycles. The number of hydrazone groups is 1. The van der Waals surface area contributed by atoms with Crippen molar-refractivity contribution in [2.75, 3.05) is 5.43 Å². The van der Waals surface area contributed by atoms with Crippen molar-refractivity contribution in [3.8, 4) is 0 Å². The Bertz CT molecular complexity index is 404. The second-order valence-corrected chi connectivity index (χ2v) is 3.29. The van der Waals surface area contributed by atoms with Crippen LogP contribution in [0.15, 0.2) is 17.2 Å². The highest BCUT2D eigenvalue weighted by molar-refractivity contribution is 5.61. The molecule has 0 aliphatic carbocycles. The summed E-state index contributed by atoms with van der Waals surface area (Å²) in [5.41, 5.74) is 3.22. The van der Waals surface area contributed by atoms with Crippen LogP contribution in [0.4, 0.5) is 11.5 Å². The summed E-state index contributed by atoms with van der Waals surface area (Å²) < 4.78 is 0. The van der Waals surface area contributed by atoms with Crippen molar-refractivity contribution >= 4 is 17.7 Å². The highest BCUT2D eigenvalue weighted by Gasteiger charge is 2.14. The van der Waals surface area contributed by atoms with Crippen LogP contribution in [0.1, 0.15) is 25.5 Å². The Hall–Kier alpha value is -1.98. The monoisotopic (exact) mass is 222 g/mol. The summed E-state index contributed by atoms with van der Waals surface area (Å²) in [6.45, 7) is 3.80. The minimum absolute atomic E-state index is 0.0701. The van der Waals surface area contributed by atoms with Gasteiger partial charge in [-0.25, -0.2) is 4.98 Å². The summed E-state index contributed by atoms with van der Waals surface area (Å²) in [6, 6.07) is 3.01. The molecule has 16 heavy (non-hydrogen) atoms. The van der Waals surface area contributed by atoms with Crippen molar-refractivity contribution in [3.05, 3.63) is 27.9 Å². The molecule has 1 heterocycles. The first-order valence-corrected chi connectivity index (χ1v) is 5.04. The Kier molecular flexibility index (Phi) is 4.38. The van der Waals surface area contributed by atoms with Crippen LogP contribution in [0.5, 0.6) is 0 Å². The van der Waals surface area contributed by atoms with Gasteiger partial charge in [0.1, 0.15) is 0 Å². The number of nitro groups is 1. The first-order valence-electron chi connectivity index (χ1n) is 5.04. The van der Waals surface area contributed by atoms with E-state index >= 15 is 0 Å². The molecular formula is C10H14N4O2. The van der Waals surface area contributed by atoms with E-state index in [0.717, 1.165) is 12.8 Å². The zero-order chi connectivity index (χ0) is 12.0.